The number of aliphatic carboxylic acids is 1. The number of carboxylic acids is 1. The highest BCUT2D eigenvalue weighted by Crippen LogP contribution is 2.57. The maximum absolute atomic E-state index is 13.3. The predicted molar refractivity (Wildman–Crippen MR) is 133 cm³/mol. The van der Waals surface area contributed by atoms with E-state index in [1.807, 2.05) is 48.0 Å². The Kier molecular flexibility index (Phi) is 8.46. The number of carboxylic acid groups (broad SMARTS) is 1. The lowest BCUT2D eigenvalue weighted by Gasteiger charge is -2.46. The standard InChI is InChI=1S/C24H36N4O2.C2HF3O2/c1-18(2)15-27-16-23(24(17-27)10-11-26(4)21(24)29)8-12-28(13-9-23)22(30)25-20-7-5-6-19(3)14-20;3-2(4,5)1(6)7/h5-7,14,18H,8-13,15-17H2,1-4H3,(H,25,30);(H,6,7). The monoisotopic (exact) mass is 526 g/mol. The molecule has 1 aromatic carbocycles. The van der Waals surface area contributed by atoms with E-state index in [1.54, 1.807) is 0 Å². The molecule has 2 N–H and O–H groups in total. The molecule has 4 rings (SSSR count). The van der Waals surface area contributed by atoms with E-state index in [-0.39, 0.29) is 16.9 Å². The third kappa shape index (κ3) is 6.19. The normalized spacial score (nSPS) is 23.5. The van der Waals surface area contributed by atoms with Gasteiger partial charge in [0.25, 0.3) is 0 Å². The molecule has 3 fully saturated rings. The number of nitrogens with zero attached hydrogens (tertiary/aromatic N) is 3. The summed E-state index contributed by atoms with van der Waals surface area (Å²) in [5.41, 5.74) is 1.69. The van der Waals surface area contributed by atoms with Crippen molar-refractivity contribution in [1.29, 1.82) is 0 Å². The van der Waals surface area contributed by atoms with Crippen molar-refractivity contribution in [3.8, 4) is 0 Å². The number of aryl methyl sites for hydroxylation is 1. The number of carbonyl (C=O) groups is 3. The fraction of sp³-hybridized carbons (Fsp3) is 0.654. The Hall–Kier alpha value is -2.82. The summed E-state index contributed by atoms with van der Waals surface area (Å²) in [6.07, 6.45) is -2.32. The zero-order valence-corrected chi connectivity index (χ0v) is 21.9. The first-order valence-electron chi connectivity index (χ1n) is 12.6. The molecule has 1 aromatic rings. The number of anilines is 1. The van der Waals surface area contributed by atoms with E-state index in [2.05, 4.69) is 24.1 Å². The van der Waals surface area contributed by atoms with Crippen molar-refractivity contribution < 1.29 is 32.7 Å². The van der Waals surface area contributed by atoms with Gasteiger partial charge in [0.05, 0.1) is 5.41 Å². The molecule has 37 heavy (non-hydrogen) atoms. The number of carbonyl (C=O) groups excluding carboxylic acids is 2. The summed E-state index contributed by atoms with van der Waals surface area (Å²) in [5.74, 6) is -1.84. The smallest absolute Gasteiger partial charge is 0.475 e. The van der Waals surface area contributed by atoms with Gasteiger partial charge in [-0.1, -0.05) is 26.0 Å². The van der Waals surface area contributed by atoms with Crippen LogP contribution in [0.3, 0.4) is 0 Å². The molecule has 3 saturated heterocycles. The largest absolute Gasteiger partial charge is 0.490 e. The van der Waals surface area contributed by atoms with Gasteiger partial charge in [-0.25, -0.2) is 9.59 Å². The maximum atomic E-state index is 13.3. The predicted octanol–water partition coefficient (Wildman–Crippen LogP) is 4.06. The van der Waals surface area contributed by atoms with E-state index in [4.69, 9.17) is 9.90 Å². The zero-order valence-electron chi connectivity index (χ0n) is 21.9. The van der Waals surface area contributed by atoms with E-state index < -0.39 is 12.1 Å². The molecule has 2 spiro atoms. The summed E-state index contributed by atoms with van der Waals surface area (Å²) in [7, 11) is 1.94. The van der Waals surface area contributed by atoms with Crippen LogP contribution in [0.5, 0.6) is 0 Å². The topological polar surface area (TPSA) is 93.2 Å². The van der Waals surface area contributed by atoms with Crippen LogP contribution in [0.2, 0.25) is 0 Å². The first-order chi connectivity index (χ1) is 17.2. The summed E-state index contributed by atoms with van der Waals surface area (Å²) >= 11 is 0. The Morgan fingerprint density at radius 2 is 1.73 bits per heavy atom. The molecule has 3 aliphatic rings. The second kappa shape index (κ2) is 10.9. The van der Waals surface area contributed by atoms with Crippen LogP contribution >= 0.6 is 0 Å². The highest BCUT2D eigenvalue weighted by Gasteiger charge is 2.64. The number of fused-ring (bicyclic) bond motifs is 1. The van der Waals surface area contributed by atoms with Crippen LogP contribution < -0.4 is 5.32 Å². The number of rotatable bonds is 3. The lowest BCUT2D eigenvalue weighted by atomic mass is 9.60. The maximum Gasteiger partial charge on any atom is 0.490 e. The van der Waals surface area contributed by atoms with Gasteiger partial charge in [0.15, 0.2) is 0 Å². The average molecular weight is 527 g/mol. The summed E-state index contributed by atoms with van der Waals surface area (Å²) in [5, 5.41) is 10.2. The van der Waals surface area contributed by atoms with Gasteiger partial charge in [0, 0.05) is 57.4 Å². The number of nitrogens with one attached hydrogen (secondary N) is 1. The van der Waals surface area contributed by atoms with Crippen LogP contribution in [0.1, 0.15) is 38.7 Å². The van der Waals surface area contributed by atoms with Gasteiger partial charge in [-0.3, -0.25) is 4.79 Å². The number of urea groups is 1. The van der Waals surface area contributed by atoms with Crippen LogP contribution in [-0.2, 0) is 9.59 Å². The molecule has 11 heteroatoms. The number of halogens is 3. The van der Waals surface area contributed by atoms with Crippen molar-refractivity contribution in [3.63, 3.8) is 0 Å². The van der Waals surface area contributed by atoms with Crippen LogP contribution in [0.25, 0.3) is 0 Å². The van der Waals surface area contributed by atoms with Crippen molar-refractivity contribution in [2.24, 2.45) is 16.7 Å². The lowest BCUT2D eigenvalue weighted by Crippen LogP contribution is -2.54. The second-order valence-electron chi connectivity index (χ2n) is 11.0. The Morgan fingerprint density at radius 1 is 1.11 bits per heavy atom. The molecule has 3 heterocycles. The fourth-order valence-corrected chi connectivity index (χ4v) is 6.10. The molecule has 3 amide bonds. The SMILES string of the molecule is Cc1cccc(NC(=O)N2CCC3(CC2)CN(CC(C)C)CC32CCN(C)C2=O)c1.O=C(O)C(F)(F)F. The molecule has 3 aliphatic heterocycles. The summed E-state index contributed by atoms with van der Waals surface area (Å²) in [4.78, 5) is 41.4. The number of likely N-dealkylation sites (tertiary alicyclic amines) is 3. The number of benzene rings is 1. The molecule has 0 bridgehead atoms. The zero-order chi connectivity index (χ0) is 27.6. The van der Waals surface area contributed by atoms with Crippen LogP contribution in [-0.4, -0.2) is 90.2 Å². The minimum Gasteiger partial charge on any atom is -0.475 e. The van der Waals surface area contributed by atoms with Gasteiger partial charge in [-0.2, -0.15) is 13.2 Å². The number of amides is 3. The van der Waals surface area contributed by atoms with Gasteiger partial charge in [0.2, 0.25) is 5.91 Å². The van der Waals surface area contributed by atoms with Gasteiger partial charge >= 0.3 is 18.2 Å². The van der Waals surface area contributed by atoms with E-state index in [1.165, 1.54) is 0 Å². The highest BCUT2D eigenvalue weighted by atomic mass is 19.4. The lowest BCUT2D eigenvalue weighted by molar-refractivity contribution is -0.192. The second-order valence-corrected chi connectivity index (χ2v) is 11.0. The van der Waals surface area contributed by atoms with Crippen LogP contribution in [0.15, 0.2) is 24.3 Å². The van der Waals surface area contributed by atoms with Gasteiger partial charge < -0.3 is 25.1 Å². The molecular weight excluding hydrogens is 489 g/mol. The minimum atomic E-state index is -5.08. The summed E-state index contributed by atoms with van der Waals surface area (Å²) < 4.78 is 31.7. The fourth-order valence-electron chi connectivity index (χ4n) is 6.10. The van der Waals surface area contributed by atoms with Gasteiger partial charge in [-0.05, 0) is 49.8 Å². The number of piperidine rings is 1. The number of alkyl halides is 3. The van der Waals surface area contributed by atoms with Crippen molar-refractivity contribution >= 4 is 23.6 Å². The van der Waals surface area contributed by atoms with Gasteiger partial charge in [-0.15, -0.1) is 0 Å². The highest BCUT2D eigenvalue weighted by molar-refractivity contribution is 5.90. The van der Waals surface area contributed by atoms with Crippen LogP contribution in [0.4, 0.5) is 23.7 Å². The molecule has 206 valence electrons. The summed E-state index contributed by atoms with van der Waals surface area (Å²) in [6.45, 7) is 11.7. The van der Waals surface area contributed by atoms with Gasteiger partial charge in [0.1, 0.15) is 0 Å². The third-order valence-electron chi connectivity index (χ3n) is 7.81. The van der Waals surface area contributed by atoms with Crippen molar-refractivity contribution in [2.45, 2.75) is 46.2 Å². The molecule has 0 radical (unpaired) electrons. The molecule has 0 saturated carbocycles. The molecular formula is C26H37F3N4O4. The first kappa shape index (κ1) is 28.7. The molecule has 1 unspecified atom stereocenters. The molecule has 0 aromatic heterocycles. The minimum absolute atomic E-state index is 0.0101. The van der Waals surface area contributed by atoms with E-state index >= 15 is 0 Å². The number of hydrogen-bond acceptors (Lipinski definition) is 4. The first-order valence-corrected chi connectivity index (χ1v) is 12.6. The van der Waals surface area contributed by atoms with Crippen molar-refractivity contribution in [2.75, 3.05) is 51.6 Å². The van der Waals surface area contributed by atoms with E-state index in [9.17, 15) is 22.8 Å². The Morgan fingerprint density at radius 3 is 2.22 bits per heavy atom. The van der Waals surface area contributed by atoms with Crippen LogP contribution in [0, 0.1) is 23.7 Å². The number of hydrogen-bond donors (Lipinski definition) is 2. The Bertz CT molecular complexity index is 1010. The molecule has 8 nitrogen and oxygen atoms in total. The van der Waals surface area contributed by atoms with Crippen molar-refractivity contribution in [3.05, 3.63) is 29.8 Å². The molecule has 0 aliphatic carbocycles. The molecule has 1 atom stereocenters. The Labute approximate surface area is 215 Å². The summed E-state index contributed by atoms with van der Waals surface area (Å²) in [6, 6.07) is 7.88. The third-order valence-corrected chi connectivity index (χ3v) is 7.81. The van der Waals surface area contributed by atoms with Crippen molar-refractivity contribution in [1.82, 2.24) is 14.7 Å². The Balaban J connectivity index is 0.000000479. The van der Waals surface area contributed by atoms with E-state index in [0.29, 0.717) is 24.9 Å². The average Bonchev–Trinajstić information content (AvgIpc) is 3.25. The quantitative estimate of drug-likeness (QED) is 0.620. The van der Waals surface area contributed by atoms with E-state index in [0.717, 1.165) is 56.7 Å².